The van der Waals surface area contributed by atoms with Crippen LogP contribution in [0.1, 0.15) is 45.4 Å². The van der Waals surface area contributed by atoms with Crippen molar-refractivity contribution in [3.05, 3.63) is 0 Å². The summed E-state index contributed by atoms with van der Waals surface area (Å²) in [7, 11) is -3.13. The molecule has 1 aliphatic rings. The van der Waals surface area contributed by atoms with Gasteiger partial charge in [-0.05, 0) is 31.1 Å². The fourth-order valence-electron chi connectivity index (χ4n) is 2.31. The summed E-state index contributed by atoms with van der Waals surface area (Å²) in [5.74, 6) is 0.814. The Kier molecular flexibility index (Phi) is 6.44. The molecule has 0 spiro atoms. The van der Waals surface area contributed by atoms with Crippen molar-refractivity contribution in [2.45, 2.75) is 45.4 Å². The summed E-state index contributed by atoms with van der Waals surface area (Å²) in [5, 5.41) is 8.75. The van der Waals surface area contributed by atoms with Crippen molar-refractivity contribution in [2.24, 2.45) is 11.8 Å². The van der Waals surface area contributed by atoms with E-state index in [9.17, 15) is 8.42 Å². The van der Waals surface area contributed by atoms with Gasteiger partial charge < -0.3 is 5.11 Å². The quantitative estimate of drug-likeness (QED) is 0.731. The highest BCUT2D eigenvalue weighted by atomic mass is 32.2. The third-order valence-electron chi connectivity index (χ3n) is 3.45. The van der Waals surface area contributed by atoms with Crippen LogP contribution in [-0.4, -0.2) is 32.4 Å². The Balaban J connectivity index is 2.29. The Hall–Kier alpha value is -0.130. The molecule has 1 rings (SSSR count). The summed E-state index contributed by atoms with van der Waals surface area (Å²) in [4.78, 5) is 0. The fraction of sp³-hybridized carbons (Fsp3) is 1.00. The van der Waals surface area contributed by atoms with E-state index in [1.165, 1.54) is 19.3 Å². The summed E-state index contributed by atoms with van der Waals surface area (Å²) in [6.07, 6.45) is 6.33. The monoisotopic (exact) mass is 263 g/mol. The Labute approximate surface area is 105 Å². The van der Waals surface area contributed by atoms with Crippen LogP contribution < -0.4 is 4.72 Å². The number of nitrogens with one attached hydrogen (secondary N) is 1. The van der Waals surface area contributed by atoms with E-state index in [1.807, 2.05) is 6.92 Å². The number of aliphatic hydroxyl groups is 1. The molecule has 0 aromatic carbocycles. The van der Waals surface area contributed by atoms with E-state index in [0.29, 0.717) is 18.9 Å². The lowest BCUT2D eigenvalue weighted by molar-refractivity contribution is 0.262. The first-order valence-electron chi connectivity index (χ1n) is 6.61. The summed E-state index contributed by atoms with van der Waals surface area (Å²) >= 11 is 0. The van der Waals surface area contributed by atoms with Crippen LogP contribution >= 0.6 is 0 Å². The van der Waals surface area contributed by atoms with Crippen LogP contribution in [0.2, 0.25) is 0 Å². The first-order valence-corrected chi connectivity index (χ1v) is 8.27. The molecular formula is C12H25NO3S. The lowest BCUT2D eigenvalue weighted by Crippen LogP contribution is -2.33. The van der Waals surface area contributed by atoms with Crippen LogP contribution in [0.25, 0.3) is 0 Å². The van der Waals surface area contributed by atoms with Gasteiger partial charge in [-0.15, -0.1) is 0 Å². The molecule has 0 radical (unpaired) electrons. The molecule has 4 nitrogen and oxygen atoms in total. The first kappa shape index (κ1) is 14.9. The minimum atomic E-state index is -3.13. The average Bonchev–Trinajstić information content (AvgIpc) is 2.28. The molecule has 0 aromatic rings. The molecule has 1 unspecified atom stereocenters. The van der Waals surface area contributed by atoms with E-state index in [4.69, 9.17) is 5.11 Å². The van der Waals surface area contributed by atoms with Gasteiger partial charge in [-0.2, -0.15) is 0 Å². The summed E-state index contributed by atoms with van der Waals surface area (Å²) in [5.41, 5.74) is 0. The van der Waals surface area contributed by atoms with E-state index in [1.54, 1.807) is 0 Å². The van der Waals surface area contributed by atoms with Crippen molar-refractivity contribution in [2.75, 3.05) is 18.9 Å². The van der Waals surface area contributed by atoms with Crippen molar-refractivity contribution in [1.82, 2.24) is 4.72 Å². The third-order valence-corrected chi connectivity index (χ3v) is 4.97. The van der Waals surface area contributed by atoms with E-state index < -0.39 is 10.0 Å². The molecule has 1 fully saturated rings. The lowest BCUT2D eigenvalue weighted by atomic mass is 9.91. The minimum Gasteiger partial charge on any atom is -0.396 e. The molecule has 17 heavy (non-hydrogen) atoms. The second-order valence-electron chi connectivity index (χ2n) is 5.25. The van der Waals surface area contributed by atoms with Crippen LogP contribution in [0.5, 0.6) is 0 Å². The predicted molar refractivity (Wildman–Crippen MR) is 69.2 cm³/mol. The summed E-state index contributed by atoms with van der Waals surface area (Å²) in [6.45, 7) is 2.50. The molecular weight excluding hydrogens is 238 g/mol. The van der Waals surface area contributed by atoms with Crippen molar-refractivity contribution in [3.8, 4) is 0 Å². The highest BCUT2D eigenvalue weighted by Crippen LogP contribution is 2.24. The van der Waals surface area contributed by atoms with Crippen molar-refractivity contribution in [3.63, 3.8) is 0 Å². The number of sulfonamides is 1. The fourth-order valence-corrected chi connectivity index (χ4v) is 3.92. The van der Waals surface area contributed by atoms with E-state index in [2.05, 4.69) is 4.72 Å². The van der Waals surface area contributed by atoms with E-state index in [0.717, 1.165) is 12.8 Å². The van der Waals surface area contributed by atoms with Crippen LogP contribution in [0, 0.1) is 11.8 Å². The van der Waals surface area contributed by atoms with Crippen molar-refractivity contribution in [1.29, 1.82) is 0 Å². The maximum absolute atomic E-state index is 11.8. The Morgan fingerprint density at radius 2 is 1.94 bits per heavy atom. The SMILES string of the molecule is CC(CCO)CNS(=O)(=O)CC1CCCCC1. The number of aliphatic hydroxyl groups excluding tert-OH is 1. The number of rotatable bonds is 7. The number of hydrogen-bond donors (Lipinski definition) is 2. The molecule has 1 saturated carbocycles. The zero-order chi connectivity index (χ0) is 12.7. The summed E-state index contributed by atoms with van der Waals surface area (Å²) in [6, 6.07) is 0. The Morgan fingerprint density at radius 3 is 2.53 bits per heavy atom. The molecule has 5 heteroatoms. The zero-order valence-electron chi connectivity index (χ0n) is 10.7. The molecule has 0 aromatic heterocycles. The van der Waals surface area contributed by atoms with E-state index >= 15 is 0 Å². The van der Waals surface area contributed by atoms with E-state index in [-0.39, 0.29) is 18.3 Å². The predicted octanol–water partition coefficient (Wildman–Crippen LogP) is 1.50. The van der Waals surface area contributed by atoms with Crippen LogP contribution in [-0.2, 0) is 10.0 Å². The van der Waals surface area contributed by atoms with Gasteiger partial charge in [-0.25, -0.2) is 13.1 Å². The first-order chi connectivity index (χ1) is 8.03. The van der Waals surface area contributed by atoms with Gasteiger partial charge in [-0.1, -0.05) is 26.2 Å². The molecule has 102 valence electrons. The standard InChI is InChI=1S/C12H25NO3S/c1-11(7-8-14)9-13-17(15,16)10-12-5-3-2-4-6-12/h11-14H,2-10H2,1H3. The maximum atomic E-state index is 11.8. The molecule has 0 aliphatic heterocycles. The van der Waals surface area contributed by atoms with Crippen LogP contribution in [0.4, 0.5) is 0 Å². The van der Waals surface area contributed by atoms with Crippen LogP contribution in [0.15, 0.2) is 0 Å². The van der Waals surface area contributed by atoms with Gasteiger partial charge in [0.15, 0.2) is 0 Å². The van der Waals surface area contributed by atoms with Crippen molar-refractivity contribution >= 4 is 10.0 Å². The van der Waals surface area contributed by atoms with Crippen LogP contribution in [0.3, 0.4) is 0 Å². The van der Waals surface area contributed by atoms with Gasteiger partial charge >= 0.3 is 0 Å². The van der Waals surface area contributed by atoms with Gasteiger partial charge in [0.05, 0.1) is 5.75 Å². The normalized spacial score (nSPS) is 20.4. The lowest BCUT2D eigenvalue weighted by Gasteiger charge is -2.21. The largest absolute Gasteiger partial charge is 0.396 e. The smallest absolute Gasteiger partial charge is 0.211 e. The topological polar surface area (TPSA) is 66.4 Å². The molecule has 1 atom stereocenters. The molecule has 0 bridgehead atoms. The molecule has 0 saturated heterocycles. The highest BCUT2D eigenvalue weighted by molar-refractivity contribution is 7.89. The molecule has 1 aliphatic carbocycles. The summed E-state index contributed by atoms with van der Waals surface area (Å²) < 4.78 is 26.3. The number of hydrogen-bond acceptors (Lipinski definition) is 3. The second-order valence-corrected chi connectivity index (χ2v) is 7.10. The molecule has 0 amide bonds. The average molecular weight is 263 g/mol. The van der Waals surface area contributed by atoms with Gasteiger partial charge in [0.1, 0.15) is 0 Å². The molecule has 2 N–H and O–H groups in total. The molecule has 0 heterocycles. The Morgan fingerprint density at radius 1 is 1.29 bits per heavy atom. The maximum Gasteiger partial charge on any atom is 0.211 e. The van der Waals surface area contributed by atoms with Gasteiger partial charge in [0.25, 0.3) is 0 Å². The minimum absolute atomic E-state index is 0.117. The second kappa shape index (κ2) is 7.34. The van der Waals surface area contributed by atoms with Gasteiger partial charge in [-0.3, -0.25) is 0 Å². The highest BCUT2D eigenvalue weighted by Gasteiger charge is 2.21. The third kappa shape index (κ3) is 6.38. The Bertz CT molecular complexity index is 297. The van der Waals surface area contributed by atoms with Gasteiger partial charge in [0, 0.05) is 13.2 Å². The van der Waals surface area contributed by atoms with Crippen molar-refractivity contribution < 1.29 is 13.5 Å². The zero-order valence-corrected chi connectivity index (χ0v) is 11.5. The van der Waals surface area contributed by atoms with Gasteiger partial charge in [0.2, 0.25) is 10.0 Å².